The summed E-state index contributed by atoms with van der Waals surface area (Å²) in [6.07, 6.45) is 1.81. The smallest absolute Gasteiger partial charge is 0.246 e. The van der Waals surface area contributed by atoms with Gasteiger partial charge in [0.25, 0.3) is 0 Å². The Balaban J connectivity index is 1.75. The lowest BCUT2D eigenvalue weighted by Gasteiger charge is -2.30. The summed E-state index contributed by atoms with van der Waals surface area (Å²) >= 11 is 0. The highest BCUT2D eigenvalue weighted by molar-refractivity contribution is 6.00. The molecule has 25 heavy (non-hydrogen) atoms. The van der Waals surface area contributed by atoms with Crippen molar-refractivity contribution in [3.05, 3.63) is 59.9 Å². The fourth-order valence-corrected chi connectivity index (χ4v) is 3.93. The van der Waals surface area contributed by atoms with E-state index in [1.165, 1.54) is 12.1 Å². The Morgan fingerprint density at radius 1 is 1.04 bits per heavy atom. The molecule has 0 bridgehead atoms. The summed E-state index contributed by atoms with van der Waals surface area (Å²) in [7, 11) is 4.02. The number of carbonyl (C=O) groups excluding carboxylic acids is 1. The van der Waals surface area contributed by atoms with Gasteiger partial charge in [0.1, 0.15) is 12.0 Å². The van der Waals surface area contributed by atoms with Crippen LogP contribution in [-0.2, 0) is 4.79 Å². The van der Waals surface area contributed by atoms with Gasteiger partial charge in [-0.15, -0.1) is 0 Å². The van der Waals surface area contributed by atoms with Crippen LogP contribution in [0.15, 0.2) is 48.5 Å². The zero-order valence-electron chi connectivity index (χ0n) is 14.5. The van der Waals surface area contributed by atoms with Gasteiger partial charge in [-0.3, -0.25) is 14.6 Å². The van der Waals surface area contributed by atoms with E-state index in [-0.39, 0.29) is 23.9 Å². The first-order valence-electron chi connectivity index (χ1n) is 8.68. The van der Waals surface area contributed by atoms with Crippen molar-refractivity contribution in [2.75, 3.05) is 30.4 Å². The molecule has 2 saturated heterocycles. The van der Waals surface area contributed by atoms with Crippen LogP contribution in [-0.4, -0.2) is 37.5 Å². The van der Waals surface area contributed by atoms with Gasteiger partial charge in [-0.05, 0) is 54.8 Å². The molecule has 0 radical (unpaired) electrons. The fourth-order valence-electron chi connectivity index (χ4n) is 3.93. The molecule has 0 aromatic heterocycles. The molecule has 2 aromatic rings. The molecule has 2 unspecified atom stereocenters. The number of hydrogen-bond donors (Lipinski definition) is 0. The number of halogens is 1. The molecule has 0 saturated carbocycles. The van der Waals surface area contributed by atoms with Crippen molar-refractivity contribution in [2.24, 2.45) is 0 Å². The number of carbonyl (C=O) groups is 1. The molecular formula is C20H22FN3O. The molecule has 2 aromatic carbocycles. The third kappa shape index (κ3) is 2.68. The molecule has 0 N–H and O–H groups in total. The fraction of sp³-hybridized carbons (Fsp3) is 0.350. The summed E-state index contributed by atoms with van der Waals surface area (Å²) in [5, 5.41) is 0. The van der Waals surface area contributed by atoms with Gasteiger partial charge in [0.05, 0.1) is 6.04 Å². The van der Waals surface area contributed by atoms with E-state index in [1.807, 2.05) is 19.0 Å². The molecule has 0 spiro atoms. The number of nitrogens with zero attached hydrogens (tertiary/aromatic N) is 3. The lowest BCUT2D eigenvalue weighted by atomic mass is 10.1. The van der Waals surface area contributed by atoms with Gasteiger partial charge in [0.15, 0.2) is 0 Å². The van der Waals surface area contributed by atoms with Gasteiger partial charge in [-0.1, -0.05) is 12.1 Å². The third-order valence-electron chi connectivity index (χ3n) is 5.19. The van der Waals surface area contributed by atoms with Gasteiger partial charge in [-0.25, -0.2) is 4.39 Å². The van der Waals surface area contributed by atoms with E-state index in [9.17, 15) is 9.18 Å². The monoisotopic (exact) mass is 339 g/mol. The van der Waals surface area contributed by atoms with E-state index in [0.29, 0.717) is 0 Å². The van der Waals surface area contributed by atoms with Crippen molar-refractivity contribution >= 4 is 17.3 Å². The highest BCUT2D eigenvalue weighted by Gasteiger charge is 2.49. The maximum absolute atomic E-state index is 13.3. The topological polar surface area (TPSA) is 26.8 Å². The molecule has 1 amide bonds. The second kappa shape index (κ2) is 6.15. The Morgan fingerprint density at radius 3 is 2.36 bits per heavy atom. The van der Waals surface area contributed by atoms with Crippen molar-refractivity contribution in [1.29, 1.82) is 0 Å². The van der Waals surface area contributed by atoms with Crippen molar-refractivity contribution in [3.8, 4) is 0 Å². The van der Waals surface area contributed by atoms with Crippen LogP contribution in [0.5, 0.6) is 0 Å². The molecule has 2 aliphatic rings. The van der Waals surface area contributed by atoms with Crippen molar-refractivity contribution in [3.63, 3.8) is 0 Å². The minimum Gasteiger partial charge on any atom is -0.378 e. The molecular weight excluding hydrogens is 317 g/mol. The number of anilines is 2. The van der Waals surface area contributed by atoms with Crippen LogP contribution in [0.25, 0.3) is 0 Å². The van der Waals surface area contributed by atoms with E-state index in [2.05, 4.69) is 34.1 Å². The summed E-state index contributed by atoms with van der Waals surface area (Å²) in [4.78, 5) is 19.2. The maximum Gasteiger partial charge on any atom is 0.246 e. The Bertz CT molecular complexity index is 773. The van der Waals surface area contributed by atoms with E-state index in [1.54, 1.807) is 12.1 Å². The normalized spacial score (nSPS) is 23.2. The van der Waals surface area contributed by atoms with Crippen LogP contribution in [0.3, 0.4) is 0 Å². The Morgan fingerprint density at radius 2 is 1.72 bits per heavy atom. The molecule has 2 aliphatic heterocycles. The zero-order chi connectivity index (χ0) is 17.6. The molecule has 5 heteroatoms. The van der Waals surface area contributed by atoms with Crippen LogP contribution < -0.4 is 9.80 Å². The van der Waals surface area contributed by atoms with Crippen LogP contribution in [0.2, 0.25) is 0 Å². The highest BCUT2D eigenvalue weighted by Crippen LogP contribution is 2.42. The van der Waals surface area contributed by atoms with Crippen molar-refractivity contribution in [1.82, 2.24) is 4.90 Å². The first-order chi connectivity index (χ1) is 12.1. The van der Waals surface area contributed by atoms with Gasteiger partial charge in [0, 0.05) is 32.0 Å². The van der Waals surface area contributed by atoms with Crippen molar-refractivity contribution < 1.29 is 9.18 Å². The molecule has 130 valence electrons. The summed E-state index contributed by atoms with van der Waals surface area (Å²) < 4.78 is 13.3. The number of benzene rings is 2. The van der Waals surface area contributed by atoms with Gasteiger partial charge in [-0.2, -0.15) is 0 Å². The standard InChI is InChI=1S/C20H22FN3O/c1-22(2)16-9-5-14(6-10-16)19-23-13-3-4-18(23)20(25)24(19)17-11-7-15(21)8-12-17/h5-12,18-19H,3-4,13H2,1-2H3. The number of rotatable bonds is 3. The average molecular weight is 339 g/mol. The number of hydrogen-bond acceptors (Lipinski definition) is 3. The maximum atomic E-state index is 13.3. The van der Waals surface area contributed by atoms with Gasteiger partial charge < -0.3 is 4.90 Å². The molecule has 2 heterocycles. The Labute approximate surface area is 147 Å². The van der Waals surface area contributed by atoms with Crippen molar-refractivity contribution in [2.45, 2.75) is 25.0 Å². The predicted octanol–water partition coefficient (Wildman–Crippen LogP) is 3.40. The molecule has 0 aliphatic carbocycles. The van der Waals surface area contributed by atoms with Crippen LogP contribution in [0.4, 0.5) is 15.8 Å². The lowest BCUT2D eigenvalue weighted by Crippen LogP contribution is -2.32. The lowest BCUT2D eigenvalue weighted by molar-refractivity contribution is -0.119. The molecule has 2 atom stereocenters. The second-order valence-electron chi connectivity index (χ2n) is 6.94. The first kappa shape index (κ1) is 16.1. The summed E-state index contributed by atoms with van der Waals surface area (Å²) in [5.74, 6) is -0.173. The minimum atomic E-state index is -0.289. The molecule has 4 nitrogen and oxygen atoms in total. The Kier molecular flexibility index (Phi) is 3.96. The van der Waals surface area contributed by atoms with Crippen LogP contribution >= 0.6 is 0 Å². The predicted molar refractivity (Wildman–Crippen MR) is 97.1 cm³/mol. The van der Waals surface area contributed by atoms with E-state index >= 15 is 0 Å². The first-order valence-corrected chi connectivity index (χ1v) is 8.68. The van der Waals surface area contributed by atoms with E-state index in [0.717, 1.165) is 36.3 Å². The van der Waals surface area contributed by atoms with Crippen LogP contribution in [0.1, 0.15) is 24.6 Å². The molecule has 4 rings (SSSR count). The minimum absolute atomic E-state index is 0.0661. The number of fused-ring (bicyclic) bond motifs is 1. The average Bonchev–Trinajstić information content (AvgIpc) is 3.18. The molecule has 2 fully saturated rings. The SMILES string of the molecule is CN(C)c1ccc(C2N(c3ccc(F)cc3)C(=O)C3CCCN32)cc1. The van der Waals surface area contributed by atoms with E-state index in [4.69, 9.17) is 0 Å². The quantitative estimate of drug-likeness (QED) is 0.857. The highest BCUT2D eigenvalue weighted by atomic mass is 19.1. The van der Waals surface area contributed by atoms with Crippen LogP contribution in [0, 0.1) is 5.82 Å². The second-order valence-corrected chi connectivity index (χ2v) is 6.94. The van der Waals surface area contributed by atoms with E-state index < -0.39 is 0 Å². The van der Waals surface area contributed by atoms with Gasteiger partial charge in [0.2, 0.25) is 5.91 Å². The Hall–Kier alpha value is -2.40. The van der Waals surface area contributed by atoms with Gasteiger partial charge >= 0.3 is 0 Å². The third-order valence-corrected chi connectivity index (χ3v) is 5.19. The summed E-state index contributed by atoms with van der Waals surface area (Å²) in [6, 6.07) is 14.5. The summed E-state index contributed by atoms with van der Waals surface area (Å²) in [6.45, 7) is 0.911. The zero-order valence-corrected chi connectivity index (χ0v) is 14.5. The number of amides is 1. The largest absolute Gasteiger partial charge is 0.378 e. The summed E-state index contributed by atoms with van der Waals surface area (Å²) in [5.41, 5.74) is 2.97.